The molecule has 0 fully saturated rings. The molecule has 0 aliphatic heterocycles. The van der Waals surface area contributed by atoms with Gasteiger partial charge in [-0.25, -0.2) is 0 Å². The van der Waals surface area contributed by atoms with Gasteiger partial charge in [-0.05, 0) is 24.3 Å². The van der Waals surface area contributed by atoms with E-state index in [1.807, 2.05) is 0 Å². The summed E-state index contributed by atoms with van der Waals surface area (Å²) in [6.45, 7) is 0. The molecule has 2 rings (SSSR count). The lowest BCUT2D eigenvalue weighted by Gasteiger charge is -2.08. The second-order valence-electron chi connectivity index (χ2n) is 3.39. The van der Waals surface area contributed by atoms with E-state index in [1.165, 1.54) is 12.1 Å². The fourth-order valence-corrected chi connectivity index (χ4v) is 2.41. The fraction of sp³-hybridized carbons (Fsp3) is 0. The predicted molar refractivity (Wildman–Crippen MR) is 65.1 cm³/mol. The van der Waals surface area contributed by atoms with Crippen molar-refractivity contribution in [2.75, 3.05) is 5.73 Å². The lowest BCUT2D eigenvalue weighted by atomic mass is 10.3. The van der Waals surface area contributed by atoms with Crippen LogP contribution in [-0.4, -0.2) is 8.42 Å². The van der Waals surface area contributed by atoms with Crippen LogP contribution in [0.15, 0.2) is 59.5 Å². The van der Waals surface area contributed by atoms with Crippen LogP contribution >= 0.6 is 0 Å². The van der Waals surface area contributed by atoms with Crippen LogP contribution in [0, 0.1) is 0 Å². The first kappa shape index (κ1) is 11.5. The molecule has 0 radical (unpaired) electrons. The molecular weight excluding hydrogens is 238 g/mol. The Bertz CT molecular complexity index is 609. The van der Waals surface area contributed by atoms with Crippen LogP contribution < -0.4 is 9.92 Å². The van der Waals surface area contributed by atoms with Crippen molar-refractivity contribution in [3.63, 3.8) is 0 Å². The van der Waals surface area contributed by atoms with Crippen molar-refractivity contribution in [1.29, 1.82) is 0 Å². The van der Waals surface area contributed by atoms with Crippen molar-refractivity contribution >= 4 is 15.8 Å². The Hall–Kier alpha value is -2.01. The van der Waals surface area contributed by atoms with E-state index in [-0.39, 0.29) is 16.3 Å². The highest BCUT2D eigenvalue weighted by Crippen LogP contribution is 2.22. The van der Waals surface area contributed by atoms with E-state index in [0.29, 0.717) is 0 Å². The summed E-state index contributed by atoms with van der Waals surface area (Å²) in [4.78, 5) is -0.0242. The van der Waals surface area contributed by atoms with E-state index >= 15 is 0 Å². The fourth-order valence-electron chi connectivity index (χ4n) is 1.36. The van der Waals surface area contributed by atoms with Crippen LogP contribution in [0.1, 0.15) is 0 Å². The van der Waals surface area contributed by atoms with E-state index in [0.717, 1.165) is 0 Å². The van der Waals surface area contributed by atoms with E-state index < -0.39 is 10.1 Å². The number of nitrogen functional groups attached to an aromatic ring is 1. The summed E-state index contributed by atoms with van der Waals surface area (Å²) in [6, 6.07) is 14.5. The van der Waals surface area contributed by atoms with Gasteiger partial charge in [-0.1, -0.05) is 30.3 Å². The molecule has 0 saturated carbocycles. The molecular formula is C12H11NO3S. The lowest BCUT2D eigenvalue weighted by Crippen LogP contribution is -2.11. The largest absolute Gasteiger partial charge is 0.398 e. The summed E-state index contributed by atoms with van der Waals surface area (Å²) in [5.41, 5.74) is 5.77. The van der Waals surface area contributed by atoms with Gasteiger partial charge in [-0.3, -0.25) is 0 Å². The van der Waals surface area contributed by atoms with Crippen molar-refractivity contribution in [2.45, 2.75) is 4.90 Å². The van der Waals surface area contributed by atoms with E-state index in [4.69, 9.17) is 9.92 Å². The Balaban J connectivity index is 2.36. The number of rotatable bonds is 3. The molecule has 2 N–H and O–H groups in total. The lowest BCUT2D eigenvalue weighted by molar-refractivity contribution is 0.486. The zero-order valence-corrected chi connectivity index (χ0v) is 9.72. The number of anilines is 1. The van der Waals surface area contributed by atoms with Gasteiger partial charge in [0.1, 0.15) is 10.6 Å². The summed E-state index contributed by atoms with van der Waals surface area (Å²) < 4.78 is 28.8. The molecule has 88 valence electrons. The molecule has 0 aliphatic rings. The van der Waals surface area contributed by atoms with Crippen LogP contribution in [0.25, 0.3) is 0 Å². The quantitative estimate of drug-likeness (QED) is 0.667. The van der Waals surface area contributed by atoms with E-state index in [2.05, 4.69) is 0 Å². The zero-order chi connectivity index (χ0) is 12.3. The minimum absolute atomic E-state index is 0.0242. The number of hydrogen-bond donors (Lipinski definition) is 1. The van der Waals surface area contributed by atoms with Gasteiger partial charge < -0.3 is 9.92 Å². The summed E-state index contributed by atoms with van der Waals surface area (Å²) in [5, 5.41) is 0. The minimum atomic E-state index is -3.87. The number of nitrogens with two attached hydrogens (primary N) is 1. The maximum Gasteiger partial charge on any atom is 0.341 e. The highest BCUT2D eigenvalue weighted by Gasteiger charge is 2.18. The van der Waals surface area contributed by atoms with E-state index in [9.17, 15) is 8.42 Å². The maximum absolute atomic E-state index is 11.9. The first-order valence-corrected chi connectivity index (χ1v) is 6.34. The Morgan fingerprint density at radius 3 is 2.12 bits per heavy atom. The number of hydrogen-bond acceptors (Lipinski definition) is 4. The van der Waals surface area contributed by atoms with Gasteiger partial charge in [0.15, 0.2) is 0 Å². The third kappa shape index (κ3) is 2.57. The van der Waals surface area contributed by atoms with Crippen molar-refractivity contribution < 1.29 is 12.6 Å². The smallest absolute Gasteiger partial charge is 0.341 e. The Labute approximate surface area is 99.8 Å². The van der Waals surface area contributed by atoms with Crippen LogP contribution in [0.2, 0.25) is 0 Å². The highest BCUT2D eigenvalue weighted by molar-refractivity contribution is 7.87. The second-order valence-corrected chi connectivity index (χ2v) is 4.90. The minimum Gasteiger partial charge on any atom is -0.398 e. The summed E-state index contributed by atoms with van der Waals surface area (Å²) >= 11 is 0. The molecule has 2 aromatic rings. The van der Waals surface area contributed by atoms with Crippen LogP contribution in [0.5, 0.6) is 5.75 Å². The van der Waals surface area contributed by atoms with Crippen LogP contribution in [0.3, 0.4) is 0 Å². The molecule has 0 spiro atoms. The standard InChI is InChI=1S/C12H11NO3S/c13-11-8-4-5-9-12(11)17(14,15)16-10-6-2-1-3-7-10/h1-9H,13H2. The van der Waals surface area contributed by atoms with Gasteiger partial charge in [-0.2, -0.15) is 8.42 Å². The summed E-state index contributed by atoms with van der Waals surface area (Å²) in [7, 11) is -3.87. The van der Waals surface area contributed by atoms with Gasteiger partial charge in [0.05, 0.1) is 5.69 Å². The first-order chi connectivity index (χ1) is 8.09. The summed E-state index contributed by atoms with van der Waals surface area (Å²) in [5.74, 6) is 0.260. The molecule has 0 aliphatic carbocycles. The van der Waals surface area contributed by atoms with Gasteiger partial charge in [0.2, 0.25) is 0 Å². The average molecular weight is 249 g/mol. The highest BCUT2D eigenvalue weighted by atomic mass is 32.2. The molecule has 0 atom stereocenters. The molecule has 0 bridgehead atoms. The zero-order valence-electron chi connectivity index (χ0n) is 8.91. The molecule has 0 heterocycles. The second kappa shape index (κ2) is 4.47. The normalized spacial score (nSPS) is 11.1. The van der Waals surface area contributed by atoms with Crippen LogP contribution in [0.4, 0.5) is 5.69 Å². The van der Waals surface area contributed by atoms with Crippen molar-refractivity contribution in [3.05, 3.63) is 54.6 Å². The first-order valence-electron chi connectivity index (χ1n) is 4.93. The monoisotopic (exact) mass is 249 g/mol. The molecule has 17 heavy (non-hydrogen) atoms. The van der Waals surface area contributed by atoms with Gasteiger partial charge in [0.25, 0.3) is 0 Å². The molecule has 0 amide bonds. The Kier molecular flexibility index (Phi) is 3.01. The number of benzene rings is 2. The molecule has 0 unspecified atom stereocenters. The van der Waals surface area contributed by atoms with Crippen molar-refractivity contribution in [2.24, 2.45) is 0 Å². The third-order valence-corrected chi connectivity index (χ3v) is 3.46. The van der Waals surface area contributed by atoms with E-state index in [1.54, 1.807) is 42.5 Å². The topological polar surface area (TPSA) is 69.4 Å². The summed E-state index contributed by atoms with van der Waals surface area (Å²) in [6.07, 6.45) is 0. The molecule has 4 nitrogen and oxygen atoms in total. The molecule has 5 heteroatoms. The molecule has 2 aromatic carbocycles. The van der Waals surface area contributed by atoms with Crippen molar-refractivity contribution in [1.82, 2.24) is 0 Å². The van der Waals surface area contributed by atoms with Crippen LogP contribution in [-0.2, 0) is 10.1 Å². The maximum atomic E-state index is 11.9. The molecule has 0 aromatic heterocycles. The predicted octanol–water partition coefficient (Wildman–Crippen LogP) is 2.04. The number of para-hydroxylation sites is 2. The average Bonchev–Trinajstić information content (AvgIpc) is 2.30. The Morgan fingerprint density at radius 2 is 1.47 bits per heavy atom. The van der Waals surface area contributed by atoms with Gasteiger partial charge in [-0.15, -0.1) is 0 Å². The Morgan fingerprint density at radius 1 is 0.882 bits per heavy atom. The SMILES string of the molecule is Nc1ccccc1S(=O)(=O)Oc1ccccc1. The van der Waals surface area contributed by atoms with Crippen molar-refractivity contribution in [3.8, 4) is 5.75 Å². The molecule has 0 saturated heterocycles. The van der Waals surface area contributed by atoms with Gasteiger partial charge >= 0.3 is 10.1 Å². The van der Waals surface area contributed by atoms with Gasteiger partial charge in [0, 0.05) is 0 Å². The third-order valence-electron chi connectivity index (χ3n) is 2.14.